The number of carbonyl (C=O) groups is 2. The number of nitrogens with one attached hydrogen (secondary N) is 2. The van der Waals surface area contributed by atoms with E-state index in [1.54, 1.807) is 37.6 Å². The molecule has 1 aromatic carbocycles. The van der Waals surface area contributed by atoms with Crippen LogP contribution in [-0.2, 0) is 0 Å². The van der Waals surface area contributed by atoms with E-state index < -0.39 is 0 Å². The Kier molecular flexibility index (Phi) is 4.99. The monoisotopic (exact) mass is 337 g/mol. The third-order valence-corrected chi connectivity index (χ3v) is 3.79. The van der Waals surface area contributed by atoms with Crippen LogP contribution in [0.4, 0.5) is 0 Å². The highest BCUT2D eigenvalue weighted by Gasteiger charge is 2.09. The van der Waals surface area contributed by atoms with Gasteiger partial charge in [-0.1, -0.05) is 12.1 Å². The number of fused-ring (bicyclic) bond motifs is 1. The first-order chi connectivity index (χ1) is 12.2. The first kappa shape index (κ1) is 16.6. The lowest BCUT2D eigenvalue weighted by molar-refractivity contribution is 0.0927. The van der Waals surface area contributed by atoms with Gasteiger partial charge in [0, 0.05) is 36.6 Å². The zero-order valence-electron chi connectivity index (χ0n) is 13.9. The van der Waals surface area contributed by atoms with Crippen molar-refractivity contribution in [2.45, 2.75) is 0 Å². The number of benzene rings is 1. The fourth-order valence-electron chi connectivity index (χ4n) is 2.50. The molecule has 2 N–H and O–H groups in total. The van der Waals surface area contributed by atoms with E-state index in [1.807, 2.05) is 34.9 Å². The molecule has 0 bridgehead atoms. The molecule has 0 saturated carbocycles. The number of hydrogen-bond acceptors (Lipinski definition) is 3. The molecule has 0 spiro atoms. The second-order valence-corrected chi connectivity index (χ2v) is 5.51. The average molecular weight is 337 g/mol. The molecule has 0 unspecified atom stereocenters. The van der Waals surface area contributed by atoms with Gasteiger partial charge in [0.05, 0.1) is 12.7 Å². The predicted molar refractivity (Wildman–Crippen MR) is 95.1 cm³/mol. The standard InChI is InChI=1S/C19H19N3O3/c1-25-17-7-4-5-14(12-17)18(23)20-8-9-21-19(24)15-11-16-6-2-3-10-22(16)13-15/h2-7,10-13H,8-9H2,1H3,(H,20,23)(H,21,24). The summed E-state index contributed by atoms with van der Waals surface area (Å²) in [7, 11) is 1.55. The van der Waals surface area contributed by atoms with E-state index in [0.29, 0.717) is 30.0 Å². The Balaban J connectivity index is 1.49. The van der Waals surface area contributed by atoms with Crippen molar-refractivity contribution < 1.29 is 14.3 Å². The smallest absolute Gasteiger partial charge is 0.252 e. The largest absolute Gasteiger partial charge is 0.497 e. The minimum atomic E-state index is -0.206. The maximum Gasteiger partial charge on any atom is 0.252 e. The van der Waals surface area contributed by atoms with Crippen LogP contribution < -0.4 is 15.4 Å². The summed E-state index contributed by atoms with van der Waals surface area (Å²) < 4.78 is 6.99. The van der Waals surface area contributed by atoms with Crippen molar-refractivity contribution >= 4 is 17.3 Å². The summed E-state index contributed by atoms with van der Waals surface area (Å²) in [5.74, 6) is 0.254. The van der Waals surface area contributed by atoms with E-state index in [4.69, 9.17) is 4.74 Å². The zero-order chi connectivity index (χ0) is 17.6. The second-order valence-electron chi connectivity index (χ2n) is 5.51. The molecule has 25 heavy (non-hydrogen) atoms. The van der Waals surface area contributed by atoms with E-state index >= 15 is 0 Å². The highest BCUT2D eigenvalue weighted by Crippen LogP contribution is 2.12. The number of aromatic nitrogens is 1. The minimum absolute atomic E-state index is 0.167. The van der Waals surface area contributed by atoms with Gasteiger partial charge in [-0.05, 0) is 36.4 Å². The second kappa shape index (κ2) is 7.53. The van der Waals surface area contributed by atoms with Crippen molar-refractivity contribution in [2.24, 2.45) is 0 Å². The van der Waals surface area contributed by atoms with Crippen molar-refractivity contribution in [1.29, 1.82) is 0 Å². The van der Waals surface area contributed by atoms with Gasteiger partial charge in [-0.15, -0.1) is 0 Å². The van der Waals surface area contributed by atoms with E-state index in [0.717, 1.165) is 5.52 Å². The molecular formula is C19H19N3O3. The number of carbonyl (C=O) groups excluding carboxylic acids is 2. The molecule has 3 aromatic rings. The Morgan fingerprint density at radius 1 is 0.960 bits per heavy atom. The average Bonchev–Trinajstić information content (AvgIpc) is 3.09. The van der Waals surface area contributed by atoms with Gasteiger partial charge < -0.3 is 19.8 Å². The summed E-state index contributed by atoms with van der Waals surface area (Å²) in [6.45, 7) is 0.690. The lowest BCUT2D eigenvalue weighted by atomic mass is 10.2. The normalized spacial score (nSPS) is 10.4. The van der Waals surface area contributed by atoms with Crippen LogP contribution in [0, 0.1) is 0 Å². The van der Waals surface area contributed by atoms with E-state index in [9.17, 15) is 9.59 Å². The number of rotatable bonds is 6. The van der Waals surface area contributed by atoms with Gasteiger partial charge in [0.1, 0.15) is 5.75 Å². The van der Waals surface area contributed by atoms with E-state index in [1.165, 1.54) is 0 Å². The van der Waals surface area contributed by atoms with Gasteiger partial charge in [0.2, 0.25) is 0 Å². The predicted octanol–water partition coefficient (Wildman–Crippen LogP) is 2.11. The molecule has 3 rings (SSSR count). The molecule has 0 fully saturated rings. The van der Waals surface area contributed by atoms with Crippen molar-refractivity contribution in [1.82, 2.24) is 15.0 Å². The van der Waals surface area contributed by atoms with Crippen molar-refractivity contribution in [3.05, 3.63) is 72.1 Å². The van der Waals surface area contributed by atoms with E-state index in [2.05, 4.69) is 10.6 Å². The van der Waals surface area contributed by atoms with Gasteiger partial charge in [0.15, 0.2) is 0 Å². The Labute approximate surface area is 145 Å². The van der Waals surface area contributed by atoms with Crippen molar-refractivity contribution in [3.8, 4) is 5.75 Å². The van der Waals surface area contributed by atoms with Crippen molar-refractivity contribution in [3.63, 3.8) is 0 Å². The van der Waals surface area contributed by atoms with Crippen LogP contribution >= 0.6 is 0 Å². The molecule has 2 amide bonds. The van der Waals surface area contributed by atoms with E-state index in [-0.39, 0.29) is 11.8 Å². The lowest BCUT2D eigenvalue weighted by Crippen LogP contribution is -2.34. The first-order valence-corrected chi connectivity index (χ1v) is 7.94. The molecule has 0 atom stereocenters. The van der Waals surface area contributed by atoms with Gasteiger partial charge in [0.25, 0.3) is 11.8 Å². The molecule has 0 aliphatic carbocycles. The quantitative estimate of drug-likeness (QED) is 0.677. The van der Waals surface area contributed by atoms with Crippen molar-refractivity contribution in [2.75, 3.05) is 20.2 Å². The van der Waals surface area contributed by atoms with Crippen LogP contribution in [0.15, 0.2) is 60.9 Å². The molecule has 6 nitrogen and oxygen atoms in total. The topological polar surface area (TPSA) is 71.8 Å². The molecule has 0 aliphatic heterocycles. The maximum absolute atomic E-state index is 12.2. The fraction of sp³-hybridized carbons (Fsp3) is 0.158. The van der Waals surface area contributed by atoms with Crippen LogP contribution in [0.25, 0.3) is 5.52 Å². The number of amides is 2. The number of ether oxygens (including phenoxy) is 1. The first-order valence-electron chi connectivity index (χ1n) is 7.94. The molecule has 6 heteroatoms. The highest BCUT2D eigenvalue weighted by molar-refractivity contribution is 5.96. The van der Waals surface area contributed by atoms with Gasteiger partial charge in [-0.25, -0.2) is 0 Å². The summed E-state index contributed by atoms with van der Waals surface area (Å²) in [4.78, 5) is 24.2. The fourth-order valence-corrected chi connectivity index (χ4v) is 2.50. The number of nitrogens with zero attached hydrogens (tertiary/aromatic N) is 1. The van der Waals surface area contributed by atoms with Crippen LogP contribution in [0.5, 0.6) is 5.75 Å². The Hall–Kier alpha value is -3.28. The number of pyridine rings is 1. The minimum Gasteiger partial charge on any atom is -0.497 e. The summed E-state index contributed by atoms with van der Waals surface area (Å²) >= 11 is 0. The summed E-state index contributed by atoms with van der Waals surface area (Å²) in [5.41, 5.74) is 2.06. The maximum atomic E-state index is 12.2. The Bertz CT molecular complexity index is 869. The Morgan fingerprint density at radius 3 is 2.44 bits per heavy atom. The van der Waals surface area contributed by atoms with Gasteiger partial charge >= 0.3 is 0 Å². The molecule has 0 radical (unpaired) electrons. The number of hydrogen-bond donors (Lipinski definition) is 2. The molecule has 2 heterocycles. The molecule has 128 valence electrons. The molecule has 0 aliphatic rings. The molecule has 0 saturated heterocycles. The lowest BCUT2D eigenvalue weighted by Gasteiger charge is -2.07. The van der Waals surface area contributed by atoms with Crippen LogP contribution in [0.3, 0.4) is 0 Å². The van der Waals surface area contributed by atoms with Crippen LogP contribution in [-0.4, -0.2) is 36.4 Å². The SMILES string of the molecule is COc1cccc(C(=O)NCCNC(=O)c2cc3ccccn3c2)c1. The van der Waals surface area contributed by atoms with Gasteiger partial charge in [-0.3, -0.25) is 9.59 Å². The van der Waals surface area contributed by atoms with Gasteiger partial charge in [-0.2, -0.15) is 0 Å². The molecule has 2 aromatic heterocycles. The highest BCUT2D eigenvalue weighted by atomic mass is 16.5. The molecular weight excluding hydrogens is 318 g/mol. The zero-order valence-corrected chi connectivity index (χ0v) is 13.9. The summed E-state index contributed by atoms with van der Waals surface area (Å²) in [6.07, 6.45) is 3.67. The third kappa shape index (κ3) is 3.98. The summed E-state index contributed by atoms with van der Waals surface area (Å²) in [5, 5.41) is 5.57. The third-order valence-electron chi connectivity index (χ3n) is 3.79. The number of methoxy groups -OCH3 is 1. The Morgan fingerprint density at radius 2 is 1.72 bits per heavy atom. The summed E-state index contributed by atoms with van der Waals surface area (Å²) in [6, 6.07) is 14.5. The van der Waals surface area contributed by atoms with Crippen LogP contribution in [0.1, 0.15) is 20.7 Å². The van der Waals surface area contributed by atoms with Crippen LogP contribution in [0.2, 0.25) is 0 Å².